The van der Waals surface area contributed by atoms with Gasteiger partial charge < -0.3 is 0 Å². The van der Waals surface area contributed by atoms with E-state index in [1.165, 1.54) is 0 Å². The van der Waals surface area contributed by atoms with Gasteiger partial charge in [-0.15, -0.1) is 9.78 Å². The van der Waals surface area contributed by atoms with Gasteiger partial charge in [0.25, 0.3) is 0 Å². The fraction of sp³-hybridized carbons (Fsp3) is 0.133. The predicted molar refractivity (Wildman–Crippen MR) is 135 cm³/mol. The Hall–Kier alpha value is -4.26. The lowest BCUT2D eigenvalue weighted by Crippen LogP contribution is -2.22. The van der Waals surface area contributed by atoms with Crippen molar-refractivity contribution in [3.05, 3.63) is 120 Å². The third kappa shape index (κ3) is 6.24. The molecule has 0 fully saturated rings. The van der Waals surface area contributed by atoms with E-state index >= 15 is 0 Å². The van der Waals surface area contributed by atoms with E-state index in [1.54, 1.807) is 24.3 Å². The minimum Gasteiger partial charge on any atom is -0.290 e. The Morgan fingerprint density at radius 2 is 0.972 bits per heavy atom. The maximum absolute atomic E-state index is 12.8. The third-order valence-electron chi connectivity index (χ3n) is 5.45. The summed E-state index contributed by atoms with van der Waals surface area (Å²) in [7, 11) is 0. The normalized spacial score (nSPS) is 10.7. The first kappa shape index (κ1) is 24.9. The predicted octanol–water partition coefficient (Wildman–Crippen LogP) is 7.02. The molecule has 0 unspecified atom stereocenters. The highest BCUT2D eigenvalue weighted by molar-refractivity contribution is 5.97. The fourth-order valence-corrected chi connectivity index (χ4v) is 3.69. The van der Waals surface area contributed by atoms with Crippen LogP contribution in [0.5, 0.6) is 0 Å². The van der Waals surface area contributed by atoms with E-state index in [0.29, 0.717) is 35.1 Å². The zero-order valence-electron chi connectivity index (χ0n) is 19.8. The standard InChI is InChI=1S/C30H26O6/c1-2-13-28(33-35-29(31)26-20-11-9-18-24(26)22-14-5-3-6-15-22)34-36-30(32)27-21-12-10-19-25(27)23-16-7-4-8-17-23/h3-12,14-21,28H,2,13H2,1H3. The monoisotopic (exact) mass is 482 g/mol. The lowest BCUT2D eigenvalue weighted by molar-refractivity contribution is -0.421. The van der Waals surface area contributed by atoms with Gasteiger partial charge in [0, 0.05) is 6.42 Å². The molecule has 0 saturated carbocycles. The first-order valence-corrected chi connectivity index (χ1v) is 11.7. The van der Waals surface area contributed by atoms with Crippen LogP contribution in [0, 0.1) is 0 Å². The molecule has 0 aliphatic heterocycles. The summed E-state index contributed by atoms with van der Waals surface area (Å²) >= 11 is 0. The summed E-state index contributed by atoms with van der Waals surface area (Å²) in [5.74, 6) is -1.36. The smallest absolute Gasteiger partial charge is 0.290 e. The second-order valence-electron chi connectivity index (χ2n) is 7.98. The fourth-order valence-electron chi connectivity index (χ4n) is 3.69. The Labute approximate surface area is 209 Å². The van der Waals surface area contributed by atoms with E-state index in [2.05, 4.69) is 0 Å². The molecule has 0 saturated heterocycles. The van der Waals surface area contributed by atoms with Crippen molar-refractivity contribution in [2.24, 2.45) is 0 Å². The highest BCUT2D eigenvalue weighted by Gasteiger charge is 2.22. The summed E-state index contributed by atoms with van der Waals surface area (Å²) < 4.78 is 0. The lowest BCUT2D eigenvalue weighted by Gasteiger charge is -2.16. The van der Waals surface area contributed by atoms with Crippen molar-refractivity contribution >= 4 is 11.9 Å². The summed E-state index contributed by atoms with van der Waals surface area (Å²) in [5.41, 5.74) is 3.85. The van der Waals surface area contributed by atoms with Crippen molar-refractivity contribution in [3.63, 3.8) is 0 Å². The quantitative estimate of drug-likeness (QED) is 0.137. The SMILES string of the molecule is CCCC(OOC(=O)c1ccccc1-c1ccccc1)OOC(=O)c1ccccc1-c1ccccc1. The highest BCUT2D eigenvalue weighted by atomic mass is 17.3. The molecule has 0 aromatic heterocycles. The average Bonchev–Trinajstić information content (AvgIpc) is 2.95. The molecule has 0 aliphatic rings. The van der Waals surface area contributed by atoms with E-state index < -0.39 is 18.2 Å². The highest BCUT2D eigenvalue weighted by Crippen LogP contribution is 2.26. The number of hydrogen-bond acceptors (Lipinski definition) is 6. The second kappa shape index (κ2) is 12.4. The molecule has 0 aliphatic carbocycles. The van der Waals surface area contributed by atoms with Crippen molar-refractivity contribution in [1.82, 2.24) is 0 Å². The molecule has 0 spiro atoms. The molecule has 0 atom stereocenters. The molecule has 182 valence electrons. The van der Waals surface area contributed by atoms with Gasteiger partial charge in [-0.3, -0.25) is 9.78 Å². The molecule has 6 nitrogen and oxygen atoms in total. The Morgan fingerprint density at radius 1 is 0.583 bits per heavy atom. The third-order valence-corrected chi connectivity index (χ3v) is 5.45. The van der Waals surface area contributed by atoms with Gasteiger partial charge in [-0.2, -0.15) is 0 Å². The number of rotatable bonds is 10. The summed E-state index contributed by atoms with van der Waals surface area (Å²) in [5, 5.41) is 0. The van der Waals surface area contributed by atoms with Crippen molar-refractivity contribution in [1.29, 1.82) is 0 Å². The minimum atomic E-state index is -1.09. The van der Waals surface area contributed by atoms with Crippen molar-refractivity contribution in [2.75, 3.05) is 0 Å². The molecule has 0 heterocycles. The zero-order chi connectivity index (χ0) is 25.2. The van der Waals surface area contributed by atoms with Crippen LogP contribution in [0.1, 0.15) is 40.5 Å². The Bertz CT molecular complexity index is 1190. The molecule has 0 radical (unpaired) electrons. The van der Waals surface area contributed by atoms with Gasteiger partial charge in [-0.05, 0) is 34.4 Å². The van der Waals surface area contributed by atoms with Gasteiger partial charge in [0.15, 0.2) is 0 Å². The van der Waals surface area contributed by atoms with Crippen LogP contribution < -0.4 is 0 Å². The van der Waals surface area contributed by atoms with Crippen LogP contribution in [0.2, 0.25) is 0 Å². The average molecular weight is 483 g/mol. The van der Waals surface area contributed by atoms with Crippen LogP contribution in [-0.4, -0.2) is 18.2 Å². The zero-order valence-corrected chi connectivity index (χ0v) is 19.8. The van der Waals surface area contributed by atoms with Gasteiger partial charge in [0.1, 0.15) is 0 Å². The molecule has 4 aromatic carbocycles. The van der Waals surface area contributed by atoms with Crippen LogP contribution in [-0.2, 0) is 19.6 Å². The Kier molecular flexibility index (Phi) is 8.59. The van der Waals surface area contributed by atoms with Crippen molar-refractivity contribution in [3.8, 4) is 22.3 Å². The van der Waals surface area contributed by atoms with E-state index in [-0.39, 0.29) is 0 Å². The van der Waals surface area contributed by atoms with Crippen LogP contribution in [0.25, 0.3) is 22.3 Å². The van der Waals surface area contributed by atoms with Crippen LogP contribution in [0.4, 0.5) is 0 Å². The molecule has 6 heteroatoms. The molecule has 4 rings (SSSR count). The number of hydrogen-bond donors (Lipinski definition) is 0. The molecule has 4 aromatic rings. The lowest BCUT2D eigenvalue weighted by atomic mass is 10.00. The van der Waals surface area contributed by atoms with Crippen LogP contribution >= 0.6 is 0 Å². The summed E-state index contributed by atoms with van der Waals surface area (Å²) in [6.45, 7) is 1.90. The molecular weight excluding hydrogens is 456 g/mol. The molecule has 0 N–H and O–H groups in total. The van der Waals surface area contributed by atoms with Crippen LogP contribution in [0.15, 0.2) is 109 Å². The van der Waals surface area contributed by atoms with Gasteiger partial charge in [0.2, 0.25) is 6.29 Å². The van der Waals surface area contributed by atoms with E-state index in [0.717, 1.165) is 11.1 Å². The molecule has 0 bridgehead atoms. The minimum absolute atomic E-state index is 0.335. The molecule has 36 heavy (non-hydrogen) atoms. The van der Waals surface area contributed by atoms with Gasteiger partial charge in [-0.25, -0.2) is 9.59 Å². The van der Waals surface area contributed by atoms with Crippen molar-refractivity contribution in [2.45, 2.75) is 26.1 Å². The molecule has 0 amide bonds. The topological polar surface area (TPSA) is 71.1 Å². The van der Waals surface area contributed by atoms with Gasteiger partial charge in [0.05, 0.1) is 11.1 Å². The van der Waals surface area contributed by atoms with E-state index in [1.807, 2.05) is 91.9 Å². The number of carbonyl (C=O) groups is 2. The summed E-state index contributed by atoms with van der Waals surface area (Å²) in [4.78, 5) is 46.2. The second-order valence-corrected chi connectivity index (χ2v) is 7.98. The van der Waals surface area contributed by atoms with E-state index in [4.69, 9.17) is 19.6 Å². The van der Waals surface area contributed by atoms with Gasteiger partial charge >= 0.3 is 11.9 Å². The summed E-state index contributed by atoms with van der Waals surface area (Å²) in [6, 6.07) is 33.1. The Morgan fingerprint density at radius 3 is 1.39 bits per heavy atom. The summed E-state index contributed by atoms with van der Waals surface area (Å²) in [6.07, 6.45) is -0.113. The van der Waals surface area contributed by atoms with Gasteiger partial charge in [-0.1, -0.05) is 110 Å². The maximum atomic E-state index is 12.8. The first-order chi connectivity index (χ1) is 17.7. The number of carbonyl (C=O) groups excluding carboxylic acids is 2. The molecular formula is C30H26O6. The van der Waals surface area contributed by atoms with Crippen molar-refractivity contribution < 1.29 is 29.1 Å². The first-order valence-electron chi connectivity index (χ1n) is 11.7. The number of benzene rings is 4. The largest absolute Gasteiger partial charge is 0.373 e. The van der Waals surface area contributed by atoms with E-state index in [9.17, 15) is 9.59 Å². The maximum Gasteiger partial charge on any atom is 0.373 e. The van der Waals surface area contributed by atoms with Crippen LogP contribution in [0.3, 0.4) is 0 Å². The Balaban J connectivity index is 1.41.